The van der Waals surface area contributed by atoms with Gasteiger partial charge in [0, 0.05) is 0 Å². The van der Waals surface area contributed by atoms with Gasteiger partial charge in [0.15, 0.2) is 6.29 Å². The molecule has 1 N–H and O–H groups in total. The smallest absolute Gasteiger partial charge is 0.158 e. The molecule has 1 aliphatic rings. The van der Waals surface area contributed by atoms with E-state index in [2.05, 4.69) is 6.92 Å². The Morgan fingerprint density at radius 3 is 2.12 bits per heavy atom. The Morgan fingerprint density at radius 2 is 1.54 bits per heavy atom. The quantitative estimate of drug-likeness (QED) is 0.408. The van der Waals surface area contributed by atoms with Gasteiger partial charge in [0.25, 0.3) is 0 Å². The van der Waals surface area contributed by atoms with Crippen LogP contribution >= 0.6 is 0 Å². The van der Waals surface area contributed by atoms with Crippen LogP contribution in [0.25, 0.3) is 0 Å². The van der Waals surface area contributed by atoms with Gasteiger partial charge in [0.2, 0.25) is 0 Å². The third kappa shape index (κ3) is 12.2. The summed E-state index contributed by atoms with van der Waals surface area (Å²) in [4.78, 5) is 0. The zero-order chi connectivity index (χ0) is 17.5. The van der Waals surface area contributed by atoms with E-state index in [9.17, 15) is 0 Å². The molecule has 3 atom stereocenters. The second kappa shape index (κ2) is 15.1. The third-order valence-corrected chi connectivity index (χ3v) is 4.52. The minimum absolute atomic E-state index is 0.0291. The van der Waals surface area contributed by atoms with E-state index in [-0.39, 0.29) is 12.4 Å². The molecule has 0 aliphatic carbocycles. The molecular formula is C20H40O4. The van der Waals surface area contributed by atoms with Crippen LogP contribution in [0, 0.1) is 0 Å². The van der Waals surface area contributed by atoms with E-state index in [0.29, 0.717) is 19.8 Å². The van der Waals surface area contributed by atoms with Crippen LogP contribution in [0.4, 0.5) is 0 Å². The molecule has 0 aromatic carbocycles. The van der Waals surface area contributed by atoms with Crippen LogP contribution in [0.5, 0.6) is 0 Å². The normalized spacial score (nSPS) is 22.1. The lowest BCUT2D eigenvalue weighted by Gasteiger charge is -2.12. The Bertz CT molecular complexity index is 270. The first-order valence-electron chi connectivity index (χ1n) is 10.2. The summed E-state index contributed by atoms with van der Waals surface area (Å²) in [6.07, 6.45) is 15.5. The predicted octanol–water partition coefficient (Wildman–Crippen LogP) is 4.83. The Morgan fingerprint density at radius 1 is 0.958 bits per heavy atom. The van der Waals surface area contributed by atoms with Gasteiger partial charge in [0.05, 0.1) is 25.9 Å². The lowest BCUT2D eigenvalue weighted by molar-refractivity contribution is -0.0797. The molecule has 0 bridgehead atoms. The topological polar surface area (TPSA) is 47.9 Å². The van der Waals surface area contributed by atoms with Gasteiger partial charge in [-0.3, -0.25) is 0 Å². The van der Waals surface area contributed by atoms with Crippen molar-refractivity contribution in [3.05, 3.63) is 0 Å². The maximum Gasteiger partial charge on any atom is 0.158 e. The molecule has 0 amide bonds. The highest BCUT2D eigenvalue weighted by atomic mass is 16.7. The summed E-state index contributed by atoms with van der Waals surface area (Å²) in [7, 11) is 0. The first-order valence-corrected chi connectivity index (χ1v) is 10.2. The fraction of sp³-hybridized carbons (Fsp3) is 1.00. The number of aliphatic hydroxyl groups excluding tert-OH is 1. The average molecular weight is 345 g/mol. The highest BCUT2D eigenvalue weighted by Crippen LogP contribution is 2.19. The zero-order valence-corrected chi connectivity index (χ0v) is 16.0. The standard InChI is InChI=1S/C20H40O4/c1-3-4-5-6-7-8-9-10-11-12-13-14-20-23-17-19(24-20)16-22-15-18(2)21/h18-21H,3-17H2,1-2H3. The first-order chi connectivity index (χ1) is 11.7. The van der Waals surface area contributed by atoms with Crippen molar-refractivity contribution in [2.75, 3.05) is 19.8 Å². The van der Waals surface area contributed by atoms with Crippen LogP contribution in [-0.2, 0) is 14.2 Å². The summed E-state index contributed by atoms with van der Waals surface area (Å²) < 4.78 is 16.8. The van der Waals surface area contributed by atoms with Crippen molar-refractivity contribution in [2.24, 2.45) is 0 Å². The van der Waals surface area contributed by atoms with Gasteiger partial charge in [-0.25, -0.2) is 0 Å². The maximum atomic E-state index is 9.15. The zero-order valence-electron chi connectivity index (χ0n) is 16.0. The van der Waals surface area contributed by atoms with Gasteiger partial charge in [-0.1, -0.05) is 71.1 Å². The van der Waals surface area contributed by atoms with Crippen LogP contribution in [0.3, 0.4) is 0 Å². The van der Waals surface area contributed by atoms with E-state index in [0.717, 1.165) is 6.42 Å². The Hall–Kier alpha value is -0.160. The second-order valence-corrected chi connectivity index (χ2v) is 7.23. The summed E-state index contributed by atoms with van der Waals surface area (Å²) in [6.45, 7) is 5.49. The van der Waals surface area contributed by atoms with E-state index in [1.54, 1.807) is 6.92 Å². The molecule has 1 heterocycles. The molecule has 4 nitrogen and oxygen atoms in total. The van der Waals surface area contributed by atoms with E-state index in [4.69, 9.17) is 19.3 Å². The Labute approximate surface area is 149 Å². The third-order valence-electron chi connectivity index (χ3n) is 4.52. The first kappa shape index (κ1) is 21.9. The molecule has 3 unspecified atom stereocenters. The molecule has 0 aromatic rings. The highest BCUT2D eigenvalue weighted by molar-refractivity contribution is 4.65. The monoisotopic (exact) mass is 344 g/mol. The van der Waals surface area contributed by atoms with Gasteiger partial charge in [-0.05, 0) is 19.8 Å². The maximum absolute atomic E-state index is 9.15. The van der Waals surface area contributed by atoms with Crippen LogP contribution in [0.2, 0.25) is 0 Å². The molecule has 1 fully saturated rings. The van der Waals surface area contributed by atoms with Gasteiger partial charge in [0.1, 0.15) is 6.10 Å². The lowest BCUT2D eigenvalue weighted by atomic mass is 10.1. The molecule has 0 saturated carbocycles. The summed E-state index contributed by atoms with van der Waals surface area (Å²) >= 11 is 0. The van der Waals surface area contributed by atoms with E-state index < -0.39 is 6.10 Å². The van der Waals surface area contributed by atoms with E-state index >= 15 is 0 Å². The Kier molecular flexibility index (Phi) is 13.8. The van der Waals surface area contributed by atoms with Crippen molar-refractivity contribution >= 4 is 0 Å². The molecule has 24 heavy (non-hydrogen) atoms. The molecule has 1 aliphatic heterocycles. The van der Waals surface area contributed by atoms with Crippen molar-refractivity contribution in [3.8, 4) is 0 Å². The number of ether oxygens (including phenoxy) is 3. The van der Waals surface area contributed by atoms with E-state index in [1.165, 1.54) is 70.6 Å². The van der Waals surface area contributed by atoms with Crippen molar-refractivity contribution in [3.63, 3.8) is 0 Å². The fourth-order valence-electron chi connectivity index (χ4n) is 3.09. The molecule has 1 rings (SSSR count). The van der Waals surface area contributed by atoms with E-state index in [1.807, 2.05) is 0 Å². The number of aliphatic hydroxyl groups is 1. The van der Waals surface area contributed by atoms with Crippen molar-refractivity contribution in [2.45, 2.75) is 109 Å². The molecule has 1 saturated heterocycles. The van der Waals surface area contributed by atoms with Gasteiger partial charge >= 0.3 is 0 Å². The molecule has 144 valence electrons. The fourth-order valence-corrected chi connectivity index (χ4v) is 3.09. The van der Waals surface area contributed by atoms with Crippen LogP contribution in [-0.4, -0.2) is 43.4 Å². The van der Waals surface area contributed by atoms with Gasteiger partial charge < -0.3 is 19.3 Å². The minimum Gasteiger partial charge on any atom is -0.391 e. The SMILES string of the molecule is CCCCCCCCCCCCCC1OCC(COCC(C)O)O1. The van der Waals surface area contributed by atoms with Gasteiger partial charge in [-0.15, -0.1) is 0 Å². The number of hydrogen-bond acceptors (Lipinski definition) is 4. The Balaban J connectivity index is 1.82. The largest absolute Gasteiger partial charge is 0.391 e. The number of unbranched alkanes of at least 4 members (excludes halogenated alkanes) is 10. The van der Waals surface area contributed by atoms with Crippen LogP contribution in [0.1, 0.15) is 90.9 Å². The summed E-state index contributed by atoms with van der Waals surface area (Å²) in [5.41, 5.74) is 0. The minimum atomic E-state index is -0.417. The number of rotatable bonds is 16. The molecule has 0 spiro atoms. The van der Waals surface area contributed by atoms with Crippen molar-refractivity contribution < 1.29 is 19.3 Å². The van der Waals surface area contributed by atoms with Crippen LogP contribution in [0.15, 0.2) is 0 Å². The predicted molar refractivity (Wildman–Crippen MR) is 98.2 cm³/mol. The summed E-state index contributed by atoms with van der Waals surface area (Å²) in [5, 5.41) is 9.15. The lowest BCUT2D eigenvalue weighted by Crippen LogP contribution is -2.22. The molecule has 0 aromatic heterocycles. The number of hydrogen-bond donors (Lipinski definition) is 1. The second-order valence-electron chi connectivity index (χ2n) is 7.23. The van der Waals surface area contributed by atoms with Crippen molar-refractivity contribution in [1.82, 2.24) is 0 Å². The average Bonchev–Trinajstić information content (AvgIpc) is 3.00. The van der Waals surface area contributed by atoms with Crippen LogP contribution < -0.4 is 0 Å². The molecular weight excluding hydrogens is 304 g/mol. The molecule has 4 heteroatoms. The van der Waals surface area contributed by atoms with Crippen molar-refractivity contribution in [1.29, 1.82) is 0 Å². The van der Waals surface area contributed by atoms with Gasteiger partial charge in [-0.2, -0.15) is 0 Å². The molecule has 0 radical (unpaired) electrons. The summed E-state index contributed by atoms with van der Waals surface area (Å²) in [5.74, 6) is 0. The highest BCUT2D eigenvalue weighted by Gasteiger charge is 2.25. The summed E-state index contributed by atoms with van der Waals surface area (Å²) in [6, 6.07) is 0.